The number of alkyl halides is 2. The second-order valence-electron chi connectivity index (χ2n) is 1.80. The SMILES string of the molecule is FCCn1cc(CBr)nn1. The fourth-order valence-corrected chi connectivity index (χ4v) is 0.853. The zero-order valence-electron chi connectivity index (χ0n) is 5.30. The molecule has 5 heteroatoms. The Kier molecular flexibility index (Phi) is 2.80. The summed E-state index contributed by atoms with van der Waals surface area (Å²) in [7, 11) is 0. The van der Waals surface area contributed by atoms with E-state index >= 15 is 0 Å². The van der Waals surface area contributed by atoms with Crippen LogP contribution in [0.2, 0.25) is 0 Å². The molecule has 1 heterocycles. The lowest BCUT2D eigenvalue weighted by Gasteiger charge is -1.89. The van der Waals surface area contributed by atoms with E-state index in [2.05, 4.69) is 26.2 Å². The molecule has 0 saturated carbocycles. The standard InChI is InChI=1S/C5H7BrFN3/c6-3-5-4-10(2-1-7)9-8-5/h4H,1-3H2. The summed E-state index contributed by atoms with van der Waals surface area (Å²) in [6.07, 6.45) is 1.72. The first-order valence-corrected chi connectivity index (χ1v) is 4.00. The van der Waals surface area contributed by atoms with Gasteiger partial charge in [0, 0.05) is 11.5 Å². The molecule has 0 aliphatic rings. The molecule has 0 saturated heterocycles. The third kappa shape index (κ3) is 1.76. The Balaban J connectivity index is 2.59. The lowest BCUT2D eigenvalue weighted by atomic mass is 10.5. The number of hydrogen-bond donors (Lipinski definition) is 0. The van der Waals surface area contributed by atoms with Crippen LogP contribution in [0.4, 0.5) is 4.39 Å². The molecule has 0 aliphatic heterocycles. The van der Waals surface area contributed by atoms with Crippen molar-refractivity contribution < 1.29 is 4.39 Å². The first-order chi connectivity index (χ1) is 4.86. The largest absolute Gasteiger partial charge is 0.250 e. The average molecular weight is 208 g/mol. The van der Waals surface area contributed by atoms with Crippen LogP contribution in [0.25, 0.3) is 0 Å². The van der Waals surface area contributed by atoms with Gasteiger partial charge in [-0.1, -0.05) is 21.1 Å². The molecule has 0 aliphatic carbocycles. The van der Waals surface area contributed by atoms with E-state index in [4.69, 9.17) is 0 Å². The quantitative estimate of drug-likeness (QED) is 0.697. The third-order valence-corrected chi connectivity index (χ3v) is 1.61. The third-order valence-electron chi connectivity index (χ3n) is 1.04. The van der Waals surface area contributed by atoms with Gasteiger partial charge < -0.3 is 0 Å². The summed E-state index contributed by atoms with van der Waals surface area (Å²) in [5.74, 6) is 0. The van der Waals surface area contributed by atoms with Gasteiger partial charge in [0.1, 0.15) is 6.67 Å². The van der Waals surface area contributed by atoms with Crippen LogP contribution in [0, 0.1) is 0 Å². The second kappa shape index (κ2) is 3.65. The van der Waals surface area contributed by atoms with Crippen LogP contribution in [0.5, 0.6) is 0 Å². The van der Waals surface area contributed by atoms with Gasteiger partial charge in [-0.05, 0) is 0 Å². The summed E-state index contributed by atoms with van der Waals surface area (Å²) in [4.78, 5) is 0. The van der Waals surface area contributed by atoms with E-state index in [0.29, 0.717) is 11.9 Å². The molecule has 1 aromatic heterocycles. The zero-order chi connectivity index (χ0) is 7.40. The van der Waals surface area contributed by atoms with Crippen LogP contribution in [0.1, 0.15) is 5.69 Å². The zero-order valence-corrected chi connectivity index (χ0v) is 6.88. The van der Waals surface area contributed by atoms with Gasteiger partial charge >= 0.3 is 0 Å². The lowest BCUT2D eigenvalue weighted by Crippen LogP contribution is -1.99. The Bertz CT molecular complexity index is 201. The van der Waals surface area contributed by atoms with Crippen molar-refractivity contribution in [3.8, 4) is 0 Å². The van der Waals surface area contributed by atoms with E-state index in [1.165, 1.54) is 4.68 Å². The first kappa shape index (κ1) is 7.65. The minimum Gasteiger partial charge on any atom is -0.250 e. The molecule has 1 rings (SSSR count). The normalized spacial score (nSPS) is 10.2. The van der Waals surface area contributed by atoms with Crippen LogP contribution >= 0.6 is 15.9 Å². The highest BCUT2D eigenvalue weighted by Crippen LogP contribution is 1.98. The molecule has 1 aromatic rings. The molecule has 0 spiro atoms. The minimum atomic E-state index is -0.398. The van der Waals surface area contributed by atoms with Gasteiger partial charge in [0.25, 0.3) is 0 Å². The van der Waals surface area contributed by atoms with Crippen molar-refractivity contribution in [3.05, 3.63) is 11.9 Å². The number of halogens is 2. The van der Waals surface area contributed by atoms with E-state index in [1.54, 1.807) is 6.20 Å². The Morgan fingerprint density at radius 1 is 1.70 bits per heavy atom. The van der Waals surface area contributed by atoms with Crippen molar-refractivity contribution >= 4 is 15.9 Å². The van der Waals surface area contributed by atoms with E-state index in [9.17, 15) is 4.39 Å². The summed E-state index contributed by atoms with van der Waals surface area (Å²) < 4.78 is 13.2. The van der Waals surface area contributed by atoms with Crippen molar-refractivity contribution in [2.45, 2.75) is 11.9 Å². The monoisotopic (exact) mass is 207 g/mol. The average Bonchev–Trinajstić information content (AvgIpc) is 2.37. The highest BCUT2D eigenvalue weighted by atomic mass is 79.9. The smallest absolute Gasteiger partial charge is 0.109 e. The van der Waals surface area contributed by atoms with Gasteiger partial charge in [-0.15, -0.1) is 5.10 Å². The van der Waals surface area contributed by atoms with Crippen LogP contribution in [-0.4, -0.2) is 21.7 Å². The summed E-state index contributed by atoms with van der Waals surface area (Å²) in [6, 6.07) is 0. The molecule has 0 atom stereocenters. The van der Waals surface area contributed by atoms with E-state index in [1.807, 2.05) is 0 Å². The van der Waals surface area contributed by atoms with Crippen LogP contribution < -0.4 is 0 Å². The summed E-state index contributed by atoms with van der Waals surface area (Å²) in [5.41, 5.74) is 0.827. The summed E-state index contributed by atoms with van der Waals surface area (Å²) >= 11 is 3.21. The van der Waals surface area contributed by atoms with Gasteiger partial charge in [0.2, 0.25) is 0 Å². The molecule has 0 unspecified atom stereocenters. The highest BCUT2D eigenvalue weighted by Gasteiger charge is 1.96. The summed E-state index contributed by atoms with van der Waals surface area (Å²) in [5, 5.41) is 8.09. The summed E-state index contributed by atoms with van der Waals surface area (Å²) in [6.45, 7) is -0.106. The molecule has 0 radical (unpaired) electrons. The molecule has 0 fully saturated rings. The van der Waals surface area contributed by atoms with Gasteiger partial charge in [0.15, 0.2) is 0 Å². The molecule has 0 aromatic carbocycles. The maximum absolute atomic E-state index is 11.7. The molecular formula is C5H7BrFN3. The molecule has 0 N–H and O–H groups in total. The van der Waals surface area contributed by atoms with Gasteiger partial charge in [-0.3, -0.25) is 0 Å². The van der Waals surface area contributed by atoms with E-state index < -0.39 is 6.67 Å². The van der Waals surface area contributed by atoms with Crippen molar-refractivity contribution in [2.24, 2.45) is 0 Å². The number of hydrogen-bond acceptors (Lipinski definition) is 2. The Hall–Kier alpha value is -0.450. The van der Waals surface area contributed by atoms with Gasteiger partial charge in [-0.2, -0.15) is 0 Å². The minimum absolute atomic E-state index is 0.292. The highest BCUT2D eigenvalue weighted by molar-refractivity contribution is 9.08. The van der Waals surface area contributed by atoms with Crippen LogP contribution in [0.3, 0.4) is 0 Å². The second-order valence-corrected chi connectivity index (χ2v) is 2.36. The fraction of sp³-hybridized carbons (Fsp3) is 0.600. The molecule has 3 nitrogen and oxygen atoms in total. The van der Waals surface area contributed by atoms with Crippen molar-refractivity contribution in [2.75, 3.05) is 6.67 Å². The lowest BCUT2D eigenvalue weighted by molar-refractivity contribution is 0.422. The van der Waals surface area contributed by atoms with Crippen molar-refractivity contribution in [1.29, 1.82) is 0 Å². The number of aromatic nitrogens is 3. The predicted molar refractivity (Wildman–Crippen MR) is 38.6 cm³/mol. The molecule has 0 bridgehead atoms. The van der Waals surface area contributed by atoms with Gasteiger partial charge in [-0.25, -0.2) is 9.07 Å². The molecule has 56 valence electrons. The van der Waals surface area contributed by atoms with Crippen LogP contribution in [0.15, 0.2) is 6.20 Å². The number of nitrogens with zero attached hydrogens (tertiary/aromatic N) is 3. The Labute approximate surface area is 66.4 Å². The van der Waals surface area contributed by atoms with Crippen LogP contribution in [-0.2, 0) is 11.9 Å². The Morgan fingerprint density at radius 2 is 2.50 bits per heavy atom. The van der Waals surface area contributed by atoms with E-state index in [0.717, 1.165) is 5.69 Å². The maximum atomic E-state index is 11.7. The fourth-order valence-electron chi connectivity index (χ4n) is 0.596. The topological polar surface area (TPSA) is 30.7 Å². The number of aryl methyl sites for hydroxylation is 1. The van der Waals surface area contributed by atoms with Gasteiger partial charge in [0.05, 0.1) is 12.2 Å². The molecule has 0 amide bonds. The number of rotatable bonds is 3. The van der Waals surface area contributed by atoms with Crippen molar-refractivity contribution in [1.82, 2.24) is 15.0 Å². The first-order valence-electron chi connectivity index (χ1n) is 2.87. The molecular weight excluding hydrogens is 201 g/mol. The molecule has 10 heavy (non-hydrogen) atoms. The Morgan fingerprint density at radius 3 is 3.00 bits per heavy atom. The van der Waals surface area contributed by atoms with E-state index in [-0.39, 0.29) is 0 Å². The van der Waals surface area contributed by atoms with Crippen molar-refractivity contribution in [3.63, 3.8) is 0 Å². The maximum Gasteiger partial charge on any atom is 0.109 e. The predicted octanol–water partition coefficient (Wildman–Crippen LogP) is 1.14.